The first-order chi connectivity index (χ1) is 10.3. The first kappa shape index (κ1) is 13.2. The molecule has 112 valence electrons. The lowest BCUT2D eigenvalue weighted by atomic mass is 9.74. The summed E-state index contributed by atoms with van der Waals surface area (Å²) in [6.45, 7) is 3.96. The Morgan fingerprint density at radius 3 is 2.76 bits per heavy atom. The van der Waals surface area contributed by atoms with E-state index in [-0.39, 0.29) is 11.3 Å². The van der Waals surface area contributed by atoms with Gasteiger partial charge in [-0.25, -0.2) is 0 Å². The summed E-state index contributed by atoms with van der Waals surface area (Å²) in [5.41, 5.74) is 1.78. The molecule has 2 fully saturated rings. The Balaban J connectivity index is 1.43. The fourth-order valence-corrected chi connectivity index (χ4v) is 3.46. The van der Waals surface area contributed by atoms with Gasteiger partial charge in [0.2, 0.25) is 5.91 Å². The van der Waals surface area contributed by atoms with Crippen molar-refractivity contribution >= 4 is 11.6 Å². The molecule has 5 nitrogen and oxygen atoms in total. The van der Waals surface area contributed by atoms with Crippen molar-refractivity contribution in [1.82, 2.24) is 5.06 Å². The molecule has 0 bridgehead atoms. The molecule has 5 heteroatoms. The van der Waals surface area contributed by atoms with Gasteiger partial charge in [-0.1, -0.05) is 18.2 Å². The molecule has 0 radical (unpaired) electrons. The number of nitrogens with one attached hydrogen (secondary N) is 1. The van der Waals surface area contributed by atoms with Crippen molar-refractivity contribution in [2.24, 2.45) is 5.92 Å². The molecule has 0 atom stereocenters. The van der Waals surface area contributed by atoms with Crippen molar-refractivity contribution in [2.45, 2.75) is 18.3 Å². The highest BCUT2D eigenvalue weighted by atomic mass is 16.7. The van der Waals surface area contributed by atoms with Crippen molar-refractivity contribution in [2.75, 3.05) is 38.2 Å². The number of piperidine rings is 1. The zero-order chi connectivity index (χ0) is 14.3. The maximum Gasteiger partial charge on any atom is 0.235 e. The third-order valence-electron chi connectivity index (χ3n) is 4.90. The molecular formula is C16H20N2O3. The molecule has 0 saturated carbocycles. The van der Waals surface area contributed by atoms with Crippen LogP contribution in [0.4, 0.5) is 5.69 Å². The molecule has 21 heavy (non-hydrogen) atoms. The molecule has 0 aliphatic carbocycles. The number of anilines is 1. The summed E-state index contributed by atoms with van der Waals surface area (Å²) in [5.74, 6) is 0.687. The van der Waals surface area contributed by atoms with Gasteiger partial charge >= 0.3 is 0 Å². The van der Waals surface area contributed by atoms with Gasteiger partial charge in [0.1, 0.15) is 0 Å². The third kappa shape index (κ3) is 2.16. The van der Waals surface area contributed by atoms with Gasteiger partial charge in [0.15, 0.2) is 0 Å². The number of amides is 1. The number of ether oxygens (including phenoxy) is 1. The number of hydrogen-bond acceptors (Lipinski definition) is 4. The number of hydrogen-bond donors (Lipinski definition) is 1. The highest BCUT2D eigenvalue weighted by molar-refractivity contribution is 6.06. The van der Waals surface area contributed by atoms with Crippen LogP contribution in [0.15, 0.2) is 24.3 Å². The van der Waals surface area contributed by atoms with Gasteiger partial charge < -0.3 is 10.1 Å². The van der Waals surface area contributed by atoms with Crippen molar-refractivity contribution in [3.63, 3.8) is 0 Å². The molecule has 4 rings (SSSR count). The summed E-state index contributed by atoms with van der Waals surface area (Å²) < 4.78 is 5.15. The smallest absolute Gasteiger partial charge is 0.235 e. The fraction of sp³-hybridized carbons (Fsp3) is 0.562. The molecule has 1 spiro atoms. The Bertz CT molecular complexity index is 548. The van der Waals surface area contributed by atoms with Gasteiger partial charge in [-0.05, 0) is 24.5 Å². The Hall–Kier alpha value is -1.43. The largest absolute Gasteiger partial charge is 0.381 e. The summed E-state index contributed by atoms with van der Waals surface area (Å²) in [6.07, 6.45) is 1.63. The molecule has 1 aromatic carbocycles. The number of para-hydroxylation sites is 1. The highest BCUT2D eigenvalue weighted by Gasteiger charge is 2.48. The number of carbonyl (C=O) groups is 1. The fourth-order valence-electron chi connectivity index (χ4n) is 3.46. The zero-order valence-corrected chi connectivity index (χ0v) is 12.0. The minimum absolute atomic E-state index is 0.149. The Morgan fingerprint density at radius 1 is 1.29 bits per heavy atom. The summed E-state index contributed by atoms with van der Waals surface area (Å²) in [4.78, 5) is 18.3. The molecule has 1 N–H and O–H groups in total. The van der Waals surface area contributed by atoms with E-state index in [1.807, 2.05) is 23.3 Å². The molecule has 3 aliphatic rings. The average molecular weight is 288 g/mol. The number of benzene rings is 1. The van der Waals surface area contributed by atoms with Crippen LogP contribution in [0.1, 0.15) is 18.4 Å². The standard InChI is InChI=1S/C16H20N2O3/c19-15-16(13-3-1-2-4-14(13)17-15)5-7-18(8-6-16)21-11-12-9-20-10-12/h1-4,12H,5-11H2,(H,17,19). The quantitative estimate of drug-likeness (QED) is 0.917. The molecule has 1 amide bonds. The third-order valence-corrected chi connectivity index (χ3v) is 4.90. The van der Waals surface area contributed by atoms with Gasteiger partial charge in [-0.15, -0.1) is 0 Å². The predicted octanol–water partition coefficient (Wildman–Crippen LogP) is 1.55. The van der Waals surface area contributed by atoms with Crippen molar-refractivity contribution in [3.05, 3.63) is 29.8 Å². The summed E-state index contributed by atoms with van der Waals surface area (Å²) in [5, 5.41) is 5.04. The zero-order valence-electron chi connectivity index (χ0n) is 12.0. The van der Waals surface area contributed by atoms with Gasteiger partial charge in [-0.2, -0.15) is 5.06 Å². The van der Waals surface area contributed by atoms with Crippen LogP contribution in [0, 0.1) is 5.92 Å². The molecular weight excluding hydrogens is 268 g/mol. The molecule has 3 aliphatic heterocycles. The van der Waals surface area contributed by atoms with Crippen LogP contribution in [0.25, 0.3) is 0 Å². The van der Waals surface area contributed by atoms with E-state index in [4.69, 9.17) is 9.57 Å². The number of fused-ring (bicyclic) bond motifs is 2. The Kier molecular flexibility index (Phi) is 3.21. The van der Waals surface area contributed by atoms with Gasteiger partial charge in [-0.3, -0.25) is 9.63 Å². The van der Waals surface area contributed by atoms with E-state index in [0.29, 0.717) is 5.92 Å². The minimum atomic E-state index is -0.351. The monoisotopic (exact) mass is 288 g/mol. The van der Waals surface area contributed by atoms with Crippen LogP contribution in [0.2, 0.25) is 0 Å². The molecule has 3 heterocycles. The summed E-state index contributed by atoms with van der Waals surface area (Å²) >= 11 is 0. The molecule has 0 aromatic heterocycles. The maximum absolute atomic E-state index is 12.4. The number of carbonyl (C=O) groups excluding carboxylic acids is 1. The van der Waals surface area contributed by atoms with E-state index in [1.165, 1.54) is 0 Å². The van der Waals surface area contributed by atoms with Gasteiger partial charge in [0.05, 0.1) is 25.2 Å². The first-order valence-electron chi connectivity index (χ1n) is 7.64. The Labute approximate surface area is 124 Å². The lowest BCUT2D eigenvalue weighted by Crippen LogP contribution is -2.47. The molecule has 1 aromatic rings. The SMILES string of the molecule is O=C1Nc2ccccc2C12CCN(OCC1COC1)CC2. The summed E-state index contributed by atoms with van der Waals surface area (Å²) in [6, 6.07) is 8.05. The van der Waals surface area contributed by atoms with E-state index >= 15 is 0 Å². The van der Waals surface area contributed by atoms with E-state index < -0.39 is 0 Å². The lowest BCUT2D eigenvalue weighted by molar-refractivity contribution is -0.207. The number of rotatable bonds is 3. The van der Waals surface area contributed by atoms with Crippen LogP contribution in [-0.4, -0.2) is 43.9 Å². The van der Waals surface area contributed by atoms with Crippen LogP contribution in [0.5, 0.6) is 0 Å². The normalized spacial score (nSPS) is 24.7. The number of hydroxylamine groups is 2. The van der Waals surface area contributed by atoms with E-state index in [0.717, 1.165) is 57.0 Å². The van der Waals surface area contributed by atoms with Crippen molar-refractivity contribution < 1.29 is 14.4 Å². The van der Waals surface area contributed by atoms with Crippen LogP contribution in [0.3, 0.4) is 0 Å². The predicted molar refractivity (Wildman–Crippen MR) is 77.8 cm³/mol. The Morgan fingerprint density at radius 2 is 2.05 bits per heavy atom. The van der Waals surface area contributed by atoms with Crippen LogP contribution < -0.4 is 5.32 Å². The van der Waals surface area contributed by atoms with Crippen molar-refractivity contribution in [1.29, 1.82) is 0 Å². The minimum Gasteiger partial charge on any atom is -0.381 e. The average Bonchev–Trinajstić information content (AvgIpc) is 2.73. The highest BCUT2D eigenvalue weighted by Crippen LogP contribution is 2.44. The van der Waals surface area contributed by atoms with Crippen LogP contribution >= 0.6 is 0 Å². The van der Waals surface area contributed by atoms with E-state index in [9.17, 15) is 4.79 Å². The lowest BCUT2D eigenvalue weighted by Gasteiger charge is -2.38. The molecule has 0 unspecified atom stereocenters. The van der Waals surface area contributed by atoms with E-state index in [2.05, 4.69) is 11.4 Å². The topological polar surface area (TPSA) is 50.8 Å². The molecule has 2 saturated heterocycles. The van der Waals surface area contributed by atoms with Crippen LogP contribution in [-0.2, 0) is 19.8 Å². The maximum atomic E-state index is 12.4. The second-order valence-corrected chi connectivity index (χ2v) is 6.21. The van der Waals surface area contributed by atoms with Gasteiger partial charge in [0, 0.05) is 24.7 Å². The second kappa shape index (κ2) is 5.09. The first-order valence-corrected chi connectivity index (χ1v) is 7.64. The van der Waals surface area contributed by atoms with Crippen molar-refractivity contribution in [3.8, 4) is 0 Å². The second-order valence-electron chi connectivity index (χ2n) is 6.21. The summed E-state index contributed by atoms with van der Waals surface area (Å²) in [7, 11) is 0. The number of nitrogens with zero attached hydrogens (tertiary/aromatic N) is 1. The van der Waals surface area contributed by atoms with Gasteiger partial charge in [0.25, 0.3) is 0 Å². The van der Waals surface area contributed by atoms with E-state index in [1.54, 1.807) is 0 Å².